The maximum absolute atomic E-state index is 2.51. The summed E-state index contributed by atoms with van der Waals surface area (Å²) < 4.78 is 5.29. The maximum atomic E-state index is 2.51. The lowest BCUT2D eigenvalue weighted by Crippen LogP contribution is -1.93. The lowest BCUT2D eigenvalue weighted by atomic mass is 9.83. The summed E-state index contributed by atoms with van der Waals surface area (Å²) in [6.45, 7) is 0. The van der Waals surface area contributed by atoms with E-state index >= 15 is 0 Å². The Hall–Kier alpha value is -11.0. The summed E-state index contributed by atoms with van der Waals surface area (Å²) in [5, 5.41) is 30.4. The van der Waals surface area contributed by atoms with Gasteiger partial charge in [0.25, 0.3) is 0 Å². The van der Waals surface area contributed by atoms with Crippen molar-refractivity contribution in [2.24, 2.45) is 0 Å². The predicted octanol–water partition coefficient (Wildman–Crippen LogP) is 26.3. The molecule has 0 spiro atoms. The van der Waals surface area contributed by atoms with Crippen LogP contribution in [0.3, 0.4) is 0 Å². The molecule has 18 aromatic carbocycles. The SMILES string of the molecule is c1ccc2c(c1)ccc1cc(-c3c4ccccc4c(-c4ccc5c(c4)sc4c6ccccc6ccc54)c4ccc(-c5ccc6c(-c7ccc8c(c7)sc7c9ccccc9ccc87)c7ccccc7c(-c7ccc8ccc9ccccc9c8c7)c6c5)cc34)ccc12. The van der Waals surface area contributed by atoms with Gasteiger partial charge in [0, 0.05) is 40.3 Å². The summed E-state index contributed by atoms with van der Waals surface area (Å²) in [6, 6.07) is 115. The molecule has 2 heterocycles. The monoisotopic (exact) mass is 1170 g/mol. The van der Waals surface area contributed by atoms with E-state index in [4.69, 9.17) is 0 Å². The first kappa shape index (κ1) is 50.0. The van der Waals surface area contributed by atoms with Crippen LogP contribution in [0.5, 0.6) is 0 Å². The highest BCUT2D eigenvalue weighted by Crippen LogP contribution is 2.51. The minimum absolute atomic E-state index is 1.18. The molecule has 2 heteroatoms. The van der Waals surface area contributed by atoms with E-state index < -0.39 is 0 Å². The number of rotatable bonds is 5. The van der Waals surface area contributed by atoms with Crippen molar-refractivity contribution in [1.29, 1.82) is 0 Å². The van der Waals surface area contributed by atoms with Crippen LogP contribution in [-0.2, 0) is 0 Å². The second-order valence-corrected chi connectivity index (χ2v) is 26.6. The van der Waals surface area contributed by atoms with Gasteiger partial charge in [-0.2, -0.15) is 0 Å². The molecule has 0 fully saturated rings. The molecule has 2 aromatic heterocycles. The van der Waals surface area contributed by atoms with Gasteiger partial charge < -0.3 is 0 Å². The van der Waals surface area contributed by atoms with Crippen molar-refractivity contribution in [1.82, 2.24) is 0 Å². The average Bonchev–Trinajstić information content (AvgIpc) is 0.805. The highest BCUT2D eigenvalue weighted by molar-refractivity contribution is 7.27. The molecule has 0 aliphatic heterocycles. The van der Waals surface area contributed by atoms with E-state index in [1.807, 2.05) is 22.7 Å². The number of benzene rings is 18. The molecular weight excluding hydrogens is 1120 g/mol. The fourth-order valence-electron chi connectivity index (χ4n) is 15.6. The second kappa shape index (κ2) is 19.2. The number of hydrogen-bond acceptors (Lipinski definition) is 2. The van der Waals surface area contributed by atoms with Crippen LogP contribution < -0.4 is 0 Å². The second-order valence-electron chi connectivity index (χ2n) is 24.5. The number of hydrogen-bond donors (Lipinski definition) is 0. The molecule has 0 radical (unpaired) electrons. The van der Waals surface area contributed by atoms with Crippen molar-refractivity contribution in [3.8, 4) is 55.6 Å². The van der Waals surface area contributed by atoms with Crippen LogP contribution in [0, 0.1) is 0 Å². The lowest BCUT2D eigenvalue weighted by molar-refractivity contribution is 1.65. The highest BCUT2D eigenvalue weighted by Gasteiger charge is 2.23. The zero-order valence-corrected chi connectivity index (χ0v) is 50.3. The van der Waals surface area contributed by atoms with Crippen LogP contribution in [-0.4, -0.2) is 0 Å². The van der Waals surface area contributed by atoms with E-state index in [9.17, 15) is 0 Å². The molecule has 0 unspecified atom stereocenters. The van der Waals surface area contributed by atoms with Crippen molar-refractivity contribution in [3.05, 3.63) is 303 Å². The third kappa shape index (κ3) is 7.41. The third-order valence-electron chi connectivity index (χ3n) is 19.8. The molecule has 0 N–H and O–H groups in total. The smallest absolute Gasteiger partial charge is 0.0433 e. The van der Waals surface area contributed by atoms with Crippen molar-refractivity contribution in [3.63, 3.8) is 0 Å². The van der Waals surface area contributed by atoms with Gasteiger partial charge >= 0.3 is 0 Å². The van der Waals surface area contributed by atoms with E-state index in [1.165, 1.54) is 204 Å². The Morgan fingerprint density at radius 1 is 0.144 bits per heavy atom. The first-order valence-electron chi connectivity index (χ1n) is 31.1. The minimum Gasteiger partial charge on any atom is -0.135 e. The van der Waals surface area contributed by atoms with E-state index in [0.717, 1.165) is 0 Å². The van der Waals surface area contributed by atoms with Crippen LogP contribution in [0.1, 0.15) is 0 Å². The van der Waals surface area contributed by atoms with E-state index in [2.05, 4.69) is 303 Å². The largest absolute Gasteiger partial charge is 0.135 e. The van der Waals surface area contributed by atoms with Crippen molar-refractivity contribution in [2.45, 2.75) is 0 Å². The normalized spacial score (nSPS) is 12.2. The zero-order chi connectivity index (χ0) is 58.7. The molecule has 0 saturated carbocycles. The molecule has 0 amide bonds. The molecule has 0 aliphatic carbocycles. The standard InChI is InChI=1S/C88H50S2/c1-5-17-63-51(13-1)27-29-58-45-59(35-38-65(58)63)85-72-23-11-9-21-70(72)83(61-36-39-68-76-43-31-53-15-3-7-19-66(53)87(76)89-81(68)49-61)74-41-33-56(46-79(74)85)57-34-42-75-80(47-57)86(60-30-28-55-26-25-52-14-2-6-18-64(52)78(55)48-60)73-24-12-10-22-71(73)84(75)62-37-40-69-77-44-32-54-16-4-8-20-67(54)88(77)90-82(69)50-62/h1-50H. The van der Waals surface area contributed by atoms with Gasteiger partial charge in [0.05, 0.1) is 0 Å². The Morgan fingerprint density at radius 3 is 0.900 bits per heavy atom. The van der Waals surface area contributed by atoms with Crippen LogP contribution in [0.15, 0.2) is 303 Å². The van der Waals surface area contributed by atoms with Crippen LogP contribution >= 0.6 is 22.7 Å². The van der Waals surface area contributed by atoms with Gasteiger partial charge in [0.1, 0.15) is 0 Å². The van der Waals surface area contributed by atoms with Gasteiger partial charge in [0.15, 0.2) is 0 Å². The summed E-state index contributed by atoms with van der Waals surface area (Å²) in [6.07, 6.45) is 0. The van der Waals surface area contributed by atoms with E-state index in [1.54, 1.807) is 0 Å². The Balaban J connectivity index is 0.854. The molecule has 90 heavy (non-hydrogen) atoms. The zero-order valence-electron chi connectivity index (χ0n) is 48.7. The van der Waals surface area contributed by atoms with Gasteiger partial charge in [-0.15, -0.1) is 22.7 Å². The molecule has 0 aliphatic rings. The van der Waals surface area contributed by atoms with Gasteiger partial charge in [-0.25, -0.2) is 0 Å². The molecular formula is C88H50S2. The molecule has 20 aromatic rings. The van der Waals surface area contributed by atoms with Gasteiger partial charge in [0.2, 0.25) is 0 Å². The van der Waals surface area contributed by atoms with Gasteiger partial charge in [-0.3, -0.25) is 0 Å². The van der Waals surface area contributed by atoms with E-state index in [0.29, 0.717) is 0 Å². The summed E-state index contributed by atoms with van der Waals surface area (Å²) in [7, 11) is 0. The Labute approximate surface area is 526 Å². The van der Waals surface area contributed by atoms with Gasteiger partial charge in [-0.05, 0) is 200 Å². The van der Waals surface area contributed by atoms with Crippen molar-refractivity contribution >= 4 is 171 Å². The minimum atomic E-state index is 1.18. The molecule has 0 nitrogen and oxygen atoms in total. The van der Waals surface area contributed by atoms with Crippen molar-refractivity contribution in [2.75, 3.05) is 0 Å². The Kier molecular flexibility index (Phi) is 10.7. The summed E-state index contributed by atoms with van der Waals surface area (Å²) in [4.78, 5) is 0. The molecule has 414 valence electrons. The first-order valence-corrected chi connectivity index (χ1v) is 32.7. The van der Waals surface area contributed by atoms with Gasteiger partial charge in [-0.1, -0.05) is 267 Å². The quantitative estimate of drug-likeness (QED) is 0.119. The predicted molar refractivity (Wildman–Crippen MR) is 394 cm³/mol. The average molecular weight is 1170 g/mol. The fraction of sp³-hybridized carbons (Fsp3) is 0. The topological polar surface area (TPSA) is 0 Å². The molecule has 20 rings (SSSR count). The van der Waals surface area contributed by atoms with Crippen LogP contribution in [0.25, 0.3) is 204 Å². The van der Waals surface area contributed by atoms with Crippen LogP contribution in [0.4, 0.5) is 0 Å². The first-order chi connectivity index (χ1) is 44.6. The molecule has 0 atom stereocenters. The fourth-order valence-corrected chi connectivity index (χ4v) is 18.2. The summed E-state index contributed by atoms with van der Waals surface area (Å²) in [5.41, 5.74) is 12.2. The van der Waals surface area contributed by atoms with E-state index in [-0.39, 0.29) is 0 Å². The highest BCUT2D eigenvalue weighted by atomic mass is 32.1. The van der Waals surface area contributed by atoms with Crippen LogP contribution in [0.2, 0.25) is 0 Å². The molecule has 0 saturated heterocycles. The lowest BCUT2D eigenvalue weighted by Gasteiger charge is -2.20. The van der Waals surface area contributed by atoms with Crippen molar-refractivity contribution < 1.29 is 0 Å². The summed E-state index contributed by atoms with van der Waals surface area (Å²) >= 11 is 3.83. The Bertz CT molecular complexity index is 6530. The number of thiophene rings is 2. The summed E-state index contributed by atoms with van der Waals surface area (Å²) in [5.74, 6) is 0. The Morgan fingerprint density at radius 2 is 0.411 bits per heavy atom. The number of fused-ring (bicyclic) bond motifs is 20. The third-order valence-corrected chi connectivity index (χ3v) is 22.2. The molecule has 0 bridgehead atoms. The maximum Gasteiger partial charge on any atom is 0.0433 e.